The molecule has 1 nitrogen and oxygen atoms in total. The lowest BCUT2D eigenvalue weighted by Crippen LogP contribution is -1.82. The third-order valence-electron chi connectivity index (χ3n) is 2.83. The van der Waals surface area contributed by atoms with Crippen molar-refractivity contribution in [3.05, 3.63) is 65.9 Å². The highest BCUT2D eigenvalue weighted by Gasteiger charge is 2.03. The van der Waals surface area contributed by atoms with Crippen LogP contribution in [0.3, 0.4) is 0 Å². The van der Waals surface area contributed by atoms with E-state index in [9.17, 15) is 0 Å². The van der Waals surface area contributed by atoms with Gasteiger partial charge in [0.25, 0.3) is 0 Å². The number of fused-ring (bicyclic) bond motifs is 1. The highest BCUT2D eigenvalue weighted by molar-refractivity contribution is 6.29. The van der Waals surface area contributed by atoms with Crippen molar-refractivity contribution >= 4 is 22.4 Å². The summed E-state index contributed by atoms with van der Waals surface area (Å²) in [4.78, 5) is 4.01. The molecule has 82 valence electrons. The smallest absolute Gasteiger partial charge is 0.129 e. The molecule has 0 aliphatic heterocycles. The van der Waals surface area contributed by atoms with Crippen LogP contribution >= 0.6 is 11.6 Å². The lowest BCUT2D eigenvalue weighted by atomic mass is 9.99. The minimum atomic E-state index is 0.524. The minimum absolute atomic E-state index is 0.524. The van der Waals surface area contributed by atoms with Crippen molar-refractivity contribution in [2.45, 2.75) is 0 Å². The van der Waals surface area contributed by atoms with Gasteiger partial charge < -0.3 is 0 Å². The summed E-state index contributed by atoms with van der Waals surface area (Å²) in [5.41, 5.74) is 2.29. The van der Waals surface area contributed by atoms with E-state index in [-0.39, 0.29) is 0 Å². The van der Waals surface area contributed by atoms with Crippen LogP contribution in [0.5, 0.6) is 0 Å². The van der Waals surface area contributed by atoms with Gasteiger partial charge in [0.05, 0.1) is 0 Å². The van der Waals surface area contributed by atoms with Crippen molar-refractivity contribution in [3.63, 3.8) is 0 Å². The van der Waals surface area contributed by atoms with Crippen LogP contribution in [0.1, 0.15) is 0 Å². The molecule has 2 aromatic carbocycles. The Labute approximate surface area is 105 Å². The molecular weight excluding hydrogens is 230 g/mol. The molecule has 0 spiro atoms. The quantitative estimate of drug-likeness (QED) is 0.568. The second-order valence-corrected chi connectivity index (χ2v) is 4.28. The molecule has 3 rings (SSSR count). The van der Waals surface area contributed by atoms with E-state index in [1.54, 1.807) is 6.20 Å². The van der Waals surface area contributed by atoms with Gasteiger partial charge in [-0.2, -0.15) is 0 Å². The van der Waals surface area contributed by atoms with Crippen LogP contribution in [0.4, 0.5) is 0 Å². The van der Waals surface area contributed by atoms with Crippen LogP contribution in [-0.4, -0.2) is 4.98 Å². The van der Waals surface area contributed by atoms with Crippen molar-refractivity contribution in [1.82, 2.24) is 4.98 Å². The van der Waals surface area contributed by atoms with E-state index in [4.69, 9.17) is 11.6 Å². The van der Waals surface area contributed by atoms with Gasteiger partial charge in [-0.15, -0.1) is 0 Å². The Bertz CT molecular complexity index is 671. The maximum atomic E-state index is 5.93. The highest BCUT2D eigenvalue weighted by Crippen LogP contribution is 2.29. The normalized spacial score (nSPS) is 10.6. The van der Waals surface area contributed by atoms with Gasteiger partial charge >= 0.3 is 0 Å². The van der Waals surface area contributed by atoms with Crippen LogP contribution < -0.4 is 0 Å². The van der Waals surface area contributed by atoms with Crippen LogP contribution in [0.25, 0.3) is 21.9 Å². The molecule has 1 heterocycles. The molecule has 0 aliphatic rings. The van der Waals surface area contributed by atoms with Crippen molar-refractivity contribution in [1.29, 1.82) is 0 Å². The second-order valence-electron chi connectivity index (χ2n) is 3.89. The first kappa shape index (κ1) is 10.3. The molecule has 0 atom stereocenters. The van der Waals surface area contributed by atoms with E-state index in [0.29, 0.717) is 5.15 Å². The van der Waals surface area contributed by atoms with Crippen LogP contribution in [0.2, 0.25) is 5.15 Å². The van der Waals surface area contributed by atoms with Gasteiger partial charge in [-0.25, -0.2) is 4.98 Å². The number of benzene rings is 2. The largest absolute Gasteiger partial charge is 0.245 e. The first-order valence-electron chi connectivity index (χ1n) is 5.44. The third-order valence-corrected chi connectivity index (χ3v) is 3.03. The highest BCUT2D eigenvalue weighted by atomic mass is 35.5. The number of nitrogens with zero attached hydrogens (tertiary/aromatic N) is 1. The minimum Gasteiger partial charge on any atom is -0.245 e. The van der Waals surface area contributed by atoms with E-state index < -0.39 is 0 Å². The Balaban J connectivity index is 2.30. The average Bonchev–Trinajstić information content (AvgIpc) is 2.38. The van der Waals surface area contributed by atoms with Crippen LogP contribution in [0.15, 0.2) is 60.8 Å². The average molecular weight is 240 g/mol. The summed E-state index contributed by atoms with van der Waals surface area (Å²) >= 11 is 5.93. The fourth-order valence-corrected chi connectivity index (χ4v) is 2.22. The Hall–Kier alpha value is -1.86. The molecular formula is C15H10ClN. The third kappa shape index (κ3) is 1.90. The number of aromatic nitrogens is 1. The van der Waals surface area contributed by atoms with Crippen LogP contribution in [-0.2, 0) is 0 Å². The van der Waals surface area contributed by atoms with Gasteiger partial charge in [-0.3, -0.25) is 0 Å². The zero-order chi connectivity index (χ0) is 11.7. The Morgan fingerprint density at radius 1 is 0.882 bits per heavy atom. The molecule has 17 heavy (non-hydrogen) atoms. The zero-order valence-corrected chi connectivity index (χ0v) is 9.85. The number of hydrogen-bond acceptors (Lipinski definition) is 1. The summed E-state index contributed by atoms with van der Waals surface area (Å²) in [6, 6.07) is 18.5. The molecule has 0 saturated heterocycles. The molecule has 0 N–H and O–H groups in total. The molecule has 0 radical (unpaired) electrons. The lowest BCUT2D eigenvalue weighted by molar-refractivity contribution is 1.33. The summed E-state index contributed by atoms with van der Waals surface area (Å²) in [5.74, 6) is 0. The van der Waals surface area contributed by atoms with E-state index in [0.717, 1.165) is 5.56 Å². The van der Waals surface area contributed by atoms with Crippen molar-refractivity contribution in [3.8, 4) is 11.1 Å². The number of rotatable bonds is 1. The Kier molecular flexibility index (Phi) is 2.54. The summed E-state index contributed by atoms with van der Waals surface area (Å²) in [6.07, 6.45) is 1.74. The molecule has 0 unspecified atom stereocenters. The van der Waals surface area contributed by atoms with Crippen molar-refractivity contribution < 1.29 is 0 Å². The van der Waals surface area contributed by atoms with E-state index in [2.05, 4.69) is 41.4 Å². The molecule has 0 bridgehead atoms. The summed E-state index contributed by atoms with van der Waals surface area (Å²) in [6.45, 7) is 0. The van der Waals surface area contributed by atoms with Gasteiger partial charge in [-0.1, -0.05) is 54.1 Å². The molecule has 3 aromatic rings. The van der Waals surface area contributed by atoms with Gasteiger partial charge in [0.2, 0.25) is 0 Å². The number of pyridine rings is 1. The SMILES string of the molecule is Clc1cc(-c2cccc3ccccc23)ccn1. The van der Waals surface area contributed by atoms with Crippen LogP contribution in [0, 0.1) is 0 Å². The first-order chi connectivity index (χ1) is 8.34. The monoisotopic (exact) mass is 239 g/mol. The van der Waals surface area contributed by atoms with Gasteiger partial charge in [0.1, 0.15) is 5.15 Å². The maximum absolute atomic E-state index is 5.93. The number of halogens is 1. The summed E-state index contributed by atoms with van der Waals surface area (Å²) < 4.78 is 0. The van der Waals surface area contributed by atoms with Gasteiger partial charge in [0.15, 0.2) is 0 Å². The standard InChI is InChI=1S/C15H10ClN/c16-15-10-12(8-9-17-15)14-7-3-5-11-4-1-2-6-13(11)14/h1-10H. The molecule has 0 aliphatic carbocycles. The lowest BCUT2D eigenvalue weighted by Gasteiger charge is -2.06. The second kappa shape index (κ2) is 4.19. The van der Waals surface area contributed by atoms with Crippen molar-refractivity contribution in [2.24, 2.45) is 0 Å². The summed E-state index contributed by atoms with van der Waals surface area (Å²) in [7, 11) is 0. The predicted octanol–water partition coefficient (Wildman–Crippen LogP) is 4.56. The maximum Gasteiger partial charge on any atom is 0.129 e. The van der Waals surface area contributed by atoms with Gasteiger partial charge in [0, 0.05) is 6.20 Å². The first-order valence-corrected chi connectivity index (χ1v) is 5.82. The fourth-order valence-electron chi connectivity index (χ4n) is 2.05. The summed E-state index contributed by atoms with van der Waals surface area (Å²) in [5, 5.41) is 2.99. The van der Waals surface area contributed by atoms with Crippen molar-refractivity contribution in [2.75, 3.05) is 0 Å². The molecule has 0 fully saturated rings. The molecule has 0 amide bonds. The molecule has 1 aromatic heterocycles. The molecule has 0 saturated carbocycles. The topological polar surface area (TPSA) is 12.9 Å². The Morgan fingerprint density at radius 3 is 2.59 bits per heavy atom. The van der Waals surface area contributed by atoms with E-state index in [1.807, 2.05) is 18.2 Å². The van der Waals surface area contributed by atoms with Gasteiger partial charge in [-0.05, 0) is 34.0 Å². The fraction of sp³-hybridized carbons (Fsp3) is 0. The van der Waals surface area contributed by atoms with E-state index >= 15 is 0 Å². The van der Waals surface area contributed by atoms with E-state index in [1.165, 1.54) is 16.3 Å². The molecule has 2 heteroatoms. The number of hydrogen-bond donors (Lipinski definition) is 0. The zero-order valence-electron chi connectivity index (χ0n) is 9.10. The predicted molar refractivity (Wildman–Crippen MR) is 72.2 cm³/mol. The Morgan fingerprint density at radius 2 is 1.71 bits per heavy atom.